The average Bonchev–Trinajstić information content (AvgIpc) is 3.05. The number of rotatable bonds is 8. The van der Waals surface area contributed by atoms with Gasteiger partial charge in [-0.2, -0.15) is 0 Å². The van der Waals surface area contributed by atoms with Gasteiger partial charge in [-0.05, 0) is 94.2 Å². The molecule has 4 aromatic carbocycles. The molecule has 4 heteroatoms. The fourth-order valence-corrected chi connectivity index (χ4v) is 7.28. The number of fused-ring (bicyclic) bond motifs is 2. The van der Waals surface area contributed by atoms with Crippen LogP contribution >= 0.6 is 0 Å². The lowest BCUT2D eigenvalue weighted by molar-refractivity contribution is 0.0556. The highest BCUT2D eigenvalue weighted by atomic mass is 16.5. The normalized spacial score (nSPS) is 12.0. The van der Waals surface area contributed by atoms with Gasteiger partial charge in [-0.1, -0.05) is 88.4 Å². The average molecular weight is 561 g/mol. The first kappa shape index (κ1) is 29.3. The van der Waals surface area contributed by atoms with Gasteiger partial charge in [0.05, 0.1) is 25.3 Å². The van der Waals surface area contributed by atoms with E-state index in [-0.39, 0.29) is 11.1 Å². The molecule has 42 heavy (non-hydrogen) atoms. The first-order chi connectivity index (χ1) is 20.4. The van der Waals surface area contributed by atoms with Crippen molar-refractivity contribution in [3.05, 3.63) is 116 Å². The van der Waals surface area contributed by atoms with Crippen molar-refractivity contribution < 1.29 is 19.1 Å². The maximum absolute atomic E-state index is 13.7. The Hall–Kier alpha value is -4.18. The van der Waals surface area contributed by atoms with Gasteiger partial charge in [-0.3, -0.25) is 0 Å². The van der Waals surface area contributed by atoms with Crippen LogP contribution in [0.15, 0.2) is 60.7 Å². The van der Waals surface area contributed by atoms with Crippen molar-refractivity contribution in [2.45, 2.75) is 66.2 Å². The maximum atomic E-state index is 13.7. The van der Waals surface area contributed by atoms with E-state index in [9.17, 15) is 9.59 Å². The van der Waals surface area contributed by atoms with Gasteiger partial charge in [0.2, 0.25) is 0 Å². The molecule has 0 radical (unpaired) electrons. The largest absolute Gasteiger partial charge is 0.465 e. The summed E-state index contributed by atoms with van der Waals surface area (Å²) in [6.45, 7) is 9.03. The summed E-state index contributed by atoms with van der Waals surface area (Å²) in [5.74, 6) is -1.08. The van der Waals surface area contributed by atoms with E-state index >= 15 is 0 Å². The van der Waals surface area contributed by atoms with Crippen molar-refractivity contribution in [2.24, 2.45) is 0 Å². The molecule has 0 fully saturated rings. The van der Waals surface area contributed by atoms with Crippen molar-refractivity contribution in [3.63, 3.8) is 0 Å². The Morgan fingerprint density at radius 1 is 0.524 bits per heavy atom. The van der Waals surface area contributed by atoms with E-state index in [1.165, 1.54) is 47.6 Å². The van der Waals surface area contributed by atoms with E-state index in [0.717, 1.165) is 59.1 Å². The quantitative estimate of drug-likeness (QED) is 0.179. The molecule has 4 nitrogen and oxygen atoms in total. The van der Waals surface area contributed by atoms with Gasteiger partial charge in [-0.25, -0.2) is 9.59 Å². The molecular weight excluding hydrogens is 520 g/mol. The van der Waals surface area contributed by atoms with E-state index in [4.69, 9.17) is 9.47 Å². The van der Waals surface area contributed by atoms with Crippen LogP contribution in [-0.2, 0) is 48.0 Å². The van der Waals surface area contributed by atoms with Crippen LogP contribution in [-0.4, -0.2) is 26.2 Å². The first-order valence-electron chi connectivity index (χ1n) is 15.1. The van der Waals surface area contributed by atoms with Crippen LogP contribution in [0.2, 0.25) is 0 Å². The lowest BCUT2D eigenvalue weighted by atomic mass is 9.70. The summed E-state index contributed by atoms with van der Waals surface area (Å²) in [6.07, 6.45) is 5.27. The number of hydrogen-bond acceptors (Lipinski definition) is 4. The van der Waals surface area contributed by atoms with Crippen LogP contribution in [0.4, 0.5) is 0 Å². The molecule has 0 aliphatic heterocycles. The summed E-state index contributed by atoms with van der Waals surface area (Å²) in [6, 6.07) is 19.8. The number of carbonyl (C=O) groups excluding carboxylic acids is 2. The van der Waals surface area contributed by atoms with Crippen LogP contribution < -0.4 is 0 Å². The number of methoxy groups -OCH3 is 2. The first-order valence-corrected chi connectivity index (χ1v) is 15.1. The van der Waals surface area contributed by atoms with Gasteiger partial charge >= 0.3 is 11.9 Å². The number of esters is 2. The number of benzene rings is 4. The Morgan fingerprint density at radius 3 is 1.14 bits per heavy atom. The van der Waals surface area contributed by atoms with E-state index in [1.807, 2.05) is 60.7 Å². The van der Waals surface area contributed by atoms with Gasteiger partial charge < -0.3 is 9.47 Å². The molecule has 0 N–H and O–H groups in total. The molecule has 0 aromatic heterocycles. The fourth-order valence-electron chi connectivity index (χ4n) is 7.28. The summed E-state index contributed by atoms with van der Waals surface area (Å²) >= 11 is 0. The second-order valence-electron chi connectivity index (χ2n) is 10.8. The van der Waals surface area contributed by atoms with E-state index in [2.05, 4.69) is 27.7 Å². The summed E-state index contributed by atoms with van der Waals surface area (Å²) < 4.78 is 10.8. The molecule has 0 saturated carbocycles. The Balaban J connectivity index is 2.01. The third-order valence-corrected chi connectivity index (χ3v) is 8.93. The maximum Gasteiger partial charge on any atom is 0.339 e. The smallest absolute Gasteiger partial charge is 0.339 e. The second-order valence-corrected chi connectivity index (χ2v) is 10.8. The van der Waals surface area contributed by atoms with Crippen molar-refractivity contribution in [3.8, 4) is 22.3 Å². The monoisotopic (exact) mass is 560 g/mol. The molecule has 0 amide bonds. The Bertz CT molecular complexity index is 1530. The van der Waals surface area contributed by atoms with Crippen LogP contribution in [0.25, 0.3) is 22.3 Å². The molecular formula is C38H40O4. The summed E-state index contributed by atoms with van der Waals surface area (Å²) in [4.78, 5) is 27.5. The van der Waals surface area contributed by atoms with E-state index in [1.54, 1.807) is 0 Å². The minimum Gasteiger partial charge on any atom is -0.465 e. The third-order valence-electron chi connectivity index (χ3n) is 8.93. The van der Waals surface area contributed by atoms with E-state index < -0.39 is 11.9 Å². The van der Waals surface area contributed by atoms with Crippen molar-refractivity contribution >= 4 is 11.9 Å². The molecule has 0 spiro atoms. The van der Waals surface area contributed by atoms with Gasteiger partial charge in [-0.15, -0.1) is 0 Å². The Labute approximate surface area is 249 Å². The molecule has 0 unspecified atom stereocenters. The molecule has 0 heterocycles. The van der Waals surface area contributed by atoms with Gasteiger partial charge in [0.1, 0.15) is 0 Å². The minimum absolute atomic E-state index is 0.270. The van der Waals surface area contributed by atoms with Crippen molar-refractivity contribution in [1.82, 2.24) is 0 Å². The zero-order valence-electron chi connectivity index (χ0n) is 25.6. The molecule has 216 valence electrons. The van der Waals surface area contributed by atoms with Gasteiger partial charge in [0, 0.05) is 11.1 Å². The fraction of sp³-hybridized carbons (Fsp3) is 0.316. The summed E-state index contributed by atoms with van der Waals surface area (Å²) in [5, 5.41) is 0. The van der Waals surface area contributed by atoms with Crippen molar-refractivity contribution in [2.75, 3.05) is 14.2 Å². The molecule has 4 aromatic rings. The zero-order chi connectivity index (χ0) is 30.0. The predicted molar refractivity (Wildman–Crippen MR) is 170 cm³/mol. The number of carbonyl (C=O) groups is 2. The topological polar surface area (TPSA) is 52.6 Å². The molecule has 0 saturated heterocycles. The lowest BCUT2D eigenvalue weighted by Gasteiger charge is -2.33. The Morgan fingerprint density at radius 2 is 0.857 bits per heavy atom. The zero-order valence-corrected chi connectivity index (χ0v) is 25.6. The van der Waals surface area contributed by atoms with Gasteiger partial charge in [0.15, 0.2) is 0 Å². The molecule has 1 aliphatic rings. The van der Waals surface area contributed by atoms with Crippen LogP contribution in [0.3, 0.4) is 0 Å². The Kier molecular flexibility index (Phi) is 8.63. The minimum atomic E-state index is -0.541. The SMILES string of the molecule is CCc1c(CC)c(CC)c2c(c1CC)Cc1c(c(-c3ccccc3)c(C(=O)OC)c(C(=O)OC)c1-c1ccccc1)C2. The van der Waals surface area contributed by atoms with Crippen LogP contribution in [0.1, 0.15) is 92.9 Å². The molecule has 0 atom stereocenters. The number of ether oxygens (including phenoxy) is 2. The van der Waals surface area contributed by atoms with Gasteiger partial charge in [0.25, 0.3) is 0 Å². The van der Waals surface area contributed by atoms with Crippen molar-refractivity contribution in [1.29, 1.82) is 0 Å². The van der Waals surface area contributed by atoms with E-state index in [0.29, 0.717) is 12.8 Å². The highest BCUT2D eigenvalue weighted by Crippen LogP contribution is 2.47. The summed E-state index contributed by atoms with van der Waals surface area (Å²) in [5.41, 5.74) is 14.6. The van der Waals surface area contributed by atoms with Crippen LogP contribution in [0, 0.1) is 0 Å². The highest BCUT2D eigenvalue weighted by Gasteiger charge is 2.36. The standard InChI is InChI=1S/C38H40O4/c1-7-25-26(8-2)28(10-4)30-22-32-31(21-29(30)27(25)9-3)33(23-17-13-11-14-18-23)35(37(39)41-5)36(38(40)42-6)34(32)24-19-15-12-16-20-24/h11-20H,7-10,21-22H2,1-6H3. The van der Waals surface area contributed by atoms with Crippen LogP contribution in [0.5, 0.6) is 0 Å². The summed E-state index contributed by atoms with van der Waals surface area (Å²) in [7, 11) is 2.75. The molecule has 1 aliphatic carbocycles. The molecule has 5 rings (SSSR count). The number of hydrogen-bond donors (Lipinski definition) is 0. The molecule has 0 bridgehead atoms. The lowest BCUT2D eigenvalue weighted by Crippen LogP contribution is -2.23. The second kappa shape index (κ2) is 12.4. The highest BCUT2D eigenvalue weighted by molar-refractivity contribution is 6.13. The third kappa shape index (κ3) is 4.73. The predicted octanol–water partition coefficient (Wildman–Crippen LogP) is 8.34.